The average Bonchev–Trinajstić information content (AvgIpc) is 3.44. The molecule has 0 spiro atoms. The SMILES string of the molecule is CC(=O)N1CCCCCC1C1CCN(Cc2nnc(C3CC3)n2C)CC1. The second kappa shape index (κ2) is 7.67. The summed E-state index contributed by atoms with van der Waals surface area (Å²) in [4.78, 5) is 16.8. The minimum Gasteiger partial charge on any atom is -0.340 e. The van der Waals surface area contributed by atoms with E-state index in [0.29, 0.717) is 17.9 Å². The van der Waals surface area contributed by atoms with Crippen molar-refractivity contribution in [3.63, 3.8) is 0 Å². The molecule has 2 aliphatic heterocycles. The molecule has 4 rings (SSSR count). The van der Waals surface area contributed by atoms with Crippen LogP contribution in [0.25, 0.3) is 0 Å². The van der Waals surface area contributed by atoms with Gasteiger partial charge in [-0.25, -0.2) is 0 Å². The Kier molecular flexibility index (Phi) is 5.30. The van der Waals surface area contributed by atoms with Crippen molar-refractivity contribution in [3.05, 3.63) is 11.6 Å². The van der Waals surface area contributed by atoms with E-state index in [0.717, 1.165) is 32.0 Å². The van der Waals surface area contributed by atoms with Gasteiger partial charge in [-0.2, -0.15) is 0 Å². The summed E-state index contributed by atoms with van der Waals surface area (Å²) in [5.41, 5.74) is 0. The number of nitrogens with zero attached hydrogens (tertiary/aromatic N) is 5. The maximum Gasteiger partial charge on any atom is 0.219 e. The van der Waals surface area contributed by atoms with Crippen LogP contribution in [0.1, 0.15) is 75.9 Å². The highest BCUT2D eigenvalue weighted by Gasteiger charge is 2.33. The van der Waals surface area contributed by atoms with E-state index in [9.17, 15) is 4.79 Å². The van der Waals surface area contributed by atoms with Gasteiger partial charge in [-0.3, -0.25) is 9.69 Å². The Balaban J connectivity index is 1.34. The fourth-order valence-corrected chi connectivity index (χ4v) is 4.92. The minimum atomic E-state index is 0.269. The zero-order valence-electron chi connectivity index (χ0n) is 16.4. The summed E-state index contributed by atoms with van der Waals surface area (Å²) in [7, 11) is 2.12. The van der Waals surface area contributed by atoms with Crippen molar-refractivity contribution in [2.75, 3.05) is 19.6 Å². The van der Waals surface area contributed by atoms with Crippen LogP contribution in [-0.2, 0) is 18.4 Å². The summed E-state index contributed by atoms with van der Waals surface area (Å²) in [5.74, 6) is 3.86. The normalized spacial score (nSPS) is 26.1. The summed E-state index contributed by atoms with van der Waals surface area (Å²) < 4.78 is 2.21. The standard InChI is InChI=1S/C20H33N5O/c1-15(26)25-11-5-3-4-6-18(25)16-9-12-24(13-10-16)14-19-21-22-20(23(19)2)17-7-8-17/h16-18H,3-14H2,1-2H3. The zero-order chi connectivity index (χ0) is 18.1. The maximum atomic E-state index is 12.1. The number of hydrogen-bond acceptors (Lipinski definition) is 4. The van der Waals surface area contributed by atoms with Gasteiger partial charge in [0.1, 0.15) is 11.6 Å². The van der Waals surface area contributed by atoms with Crippen LogP contribution < -0.4 is 0 Å². The average molecular weight is 360 g/mol. The number of aromatic nitrogens is 3. The molecule has 1 aliphatic carbocycles. The highest BCUT2D eigenvalue weighted by molar-refractivity contribution is 5.73. The van der Waals surface area contributed by atoms with E-state index in [1.807, 2.05) is 0 Å². The number of rotatable bonds is 4. The van der Waals surface area contributed by atoms with Crippen LogP contribution in [-0.4, -0.2) is 56.1 Å². The summed E-state index contributed by atoms with van der Waals surface area (Å²) >= 11 is 0. The first-order chi connectivity index (χ1) is 12.6. The monoisotopic (exact) mass is 359 g/mol. The Labute approximate surface area is 156 Å². The van der Waals surface area contributed by atoms with Crippen LogP contribution in [0.4, 0.5) is 0 Å². The van der Waals surface area contributed by atoms with Crippen LogP contribution in [0.5, 0.6) is 0 Å². The molecule has 0 radical (unpaired) electrons. The van der Waals surface area contributed by atoms with Crippen molar-refractivity contribution in [2.45, 2.75) is 76.8 Å². The van der Waals surface area contributed by atoms with E-state index < -0.39 is 0 Å². The van der Waals surface area contributed by atoms with E-state index >= 15 is 0 Å². The smallest absolute Gasteiger partial charge is 0.219 e. The lowest BCUT2D eigenvalue weighted by molar-refractivity contribution is -0.132. The lowest BCUT2D eigenvalue weighted by Gasteiger charge is -2.40. The molecule has 1 saturated carbocycles. The van der Waals surface area contributed by atoms with Gasteiger partial charge in [0.05, 0.1) is 6.54 Å². The minimum absolute atomic E-state index is 0.269. The molecule has 3 fully saturated rings. The van der Waals surface area contributed by atoms with Crippen LogP contribution >= 0.6 is 0 Å². The van der Waals surface area contributed by atoms with Gasteiger partial charge in [-0.15, -0.1) is 10.2 Å². The van der Waals surface area contributed by atoms with Crippen molar-refractivity contribution >= 4 is 5.91 Å². The molecule has 3 aliphatic rings. The first-order valence-electron chi connectivity index (χ1n) is 10.5. The van der Waals surface area contributed by atoms with Gasteiger partial charge in [0.2, 0.25) is 5.91 Å². The van der Waals surface area contributed by atoms with Crippen LogP contribution in [0, 0.1) is 5.92 Å². The number of likely N-dealkylation sites (tertiary alicyclic amines) is 2. The largest absolute Gasteiger partial charge is 0.340 e. The van der Waals surface area contributed by atoms with Crippen molar-refractivity contribution in [1.29, 1.82) is 0 Å². The first-order valence-corrected chi connectivity index (χ1v) is 10.5. The van der Waals surface area contributed by atoms with E-state index in [1.165, 1.54) is 57.2 Å². The third kappa shape index (κ3) is 3.80. The van der Waals surface area contributed by atoms with Crippen LogP contribution in [0.2, 0.25) is 0 Å². The molecular formula is C20H33N5O. The summed E-state index contributed by atoms with van der Waals surface area (Å²) in [5, 5.41) is 8.86. The van der Waals surface area contributed by atoms with Gasteiger partial charge in [-0.1, -0.05) is 12.8 Å². The number of amides is 1. The Bertz CT molecular complexity index is 630. The Hall–Kier alpha value is -1.43. The van der Waals surface area contributed by atoms with E-state index in [-0.39, 0.29) is 5.91 Å². The molecule has 144 valence electrons. The number of carbonyl (C=O) groups is 1. The first kappa shape index (κ1) is 18.0. The number of carbonyl (C=O) groups excluding carboxylic acids is 1. The predicted molar refractivity (Wildman–Crippen MR) is 101 cm³/mol. The molecule has 1 aromatic rings. The molecular weight excluding hydrogens is 326 g/mol. The third-order valence-electron chi connectivity index (χ3n) is 6.69. The molecule has 1 unspecified atom stereocenters. The second-order valence-corrected chi connectivity index (χ2v) is 8.55. The van der Waals surface area contributed by atoms with Gasteiger partial charge >= 0.3 is 0 Å². The molecule has 3 heterocycles. The van der Waals surface area contributed by atoms with Crippen LogP contribution in [0.15, 0.2) is 0 Å². The topological polar surface area (TPSA) is 54.3 Å². The zero-order valence-corrected chi connectivity index (χ0v) is 16.4. The van der Waals surface area contributed by atoms with Crippen molar-refractivity contribution in [3.8, 4) is 0 Å². The lowest BCUT2D eigenvalue weighted by Crippen LogP contribution is -2.47. The van der Waals surface area contributed by atoms with Crippen molar-refractivity contribution < 1.29 is 4.79 Å². The molecule has 0 aromatic carbocycles. The maximum absolute atomic E-state index is 12.1. The molecule has 6 nitrogen and oxygen atoms in total. The van der Waals surface area contributed by atoms with E-state index in [2.05, 4.69) is 31.6 Å². The predicted octanol–water partition coefficient (Wildman–Crippen LogP) is 2.70. The summed E-state index contributed by atoms with van der Waals surface area (Å²) in [6.45, 7) is 5.84. The van der Waals surface area contributed by atoms with Gasteiger partial charge < -0.3 is 9.47 Å². The molecule has 1 aromatic heterocycles. The molecule has 2 saturated heterocycles. The van der Waals surface area contributed by atoms with E-state index in [4.69, 9.17) is 0 Å². The Morgan fingerprint density at radius 3 is 2.46 bits per heavy atom. The highest BCUT2D eigenvalue weighted by atomic mass is 16.2. The Morgan fingerprint density at radius 1 is 1.00 bits per heavy atom. The highest BCUT2D eigenvalue weighted by Crippen LogP contribution is 2.39. The Morgan fingerprint density at radius 2 is 1.77 bits per heavy atom. The van der Waals surface area contributed by atoms with Gasteiger partial charge in [-0.05, 0) is 57.5 Å². The van der Waals surface area contributed by atoms with Gasteiger partial charge in [0.25, 0.3) is 0 Å². The molecule has 1 amide bonds. The summed E-state index contributed by atoms with van der Waals surface area (Å²) in [6.07, 6.45) is 9.84. The second-order valence-electron chi connectivity index (χ2n) is 8.55. The third-order valence-corrected chi connectivity index (χ3v) is 6.69. The summed E-state index contributed by atoms with van der Waals surface area (Å²) in [6, 6.07) is 0.466. The van der Waals surface area contributed by atoms with Crippen molar-refractivity contribution in [1.82, 2.24) is 24.6 Å². The molecule has 1 atom stereocenters. The fraction of sp³-hybridized carbons (Fsp3) is 0.850. The van der Waals surface area contributed by atoms with Crippen molar-refractivity contribution in [2.24, 2.45) is 13.0 Å². The number of hydrogen-bond donors (Lipinski definition) is 0. The van der Waals surface area contributed by atoms with Gasteiger partial charge in [0, 0.05) is 32.5 Å². The number of piperidine rings is 1. The molecule has 0 N–H and O–H groups in total. The van der Waals surface area contributed by atoms with Gasteiger partial charge in [0.15, 0.2) is 0 Å². The molecule has 6 heteroatoms. The molecule has 0 bridgehead atoms. The van der Waals surface area contributed by atoms with Crippen LogP contribution in [0.3, 0.4) is 0 Å². The fourth-order valence-electron chi connectivity index (χ4n) is 4.92. The van der Waals surface area contributed by atoms with E-state index in [1.54, 1.807) is 6.92 Å². The molecule has 26 heavy (non-hydrogen) atoms. The lowest BCUT2D eigenvalue weighted by atomic mass is 9.86. The quantitative estimate of drug-likeness (QED) is 0.829.